The van der Waals surface area contributed by atoms with E-state index in [4.69, 9.17) is 9.15 Å². The monoisotopic (exact) mass is 422 g/mol. The summed E-state index contributed by atoms with van der Waals surface area (Å²) in [5.41, 5.74) is 1.22. The Morgan fingerprint density at radius 1 is 1.24 bits per heavy atom. The number of aryl methyl sites for hydroxylation is 1. The maximum Gasteiger partial charge on any atom is 0.416 e. The van der Waals surface area contributed by atoms with Gasteiger partial charge in [0.25, 0.3) is 0 Å². The first-order chi connectivity index (χ1) is 13.9. The third kappa shape index (κ3) is 4.82. The van der Waals surface area contributed by atoms with Crippen LogP contribution in [0.3, 0.4) is 0 Å². The van der Waals surface area contributed by atoms with Gasteiger partial charge in [-0.1, -0.05) is 6.07 Å². The molecule has 0 saturated carbocycles. The van der Waals surface area contributed by atoms with Crippen molar-refractivity contribution in [1.82, 2.24) is 9.88 Å². The molecular formula is C21H21F3N2O2S. The lowest BCUT2D eigenvalue weighted by atomic mass is 10.1. The molecule has 0 amide bonds. The van der Waals surface area contributed by atoms with E-state index in [1.54, 1.807) is 17.4 Å². The SMILES string of the molecule is Cc1oc(-c2ccsc2)nc1CN1CCC(Oc2cccc(C(F)(F)F)c2)CC1. The number of oxazole rings is 1. The molecule has 0 bridgehead atoms. The predicted molar refractivity (Wildman–Crippen MR) is 105 cm³/mol. The second-order valence-electron chi connectivity index (χ2n) is 7.15. The number of piperidine rings is 1. The number of hydrogen-bond donors (Lipinski definition) is 0. The average molecular weight is 422 g/mol. The standard InChI is InChI=1S/C21H21F3N2O2S/c1-14-19(25-20(27-14)15-7-10-29-13-15)12-26-8-5-17(6-9-26)28-18-4-2-3-16(11-18)21(22,23)24/h2-4,7,10-11,13,17H,5-6,8-9,12H2,1H3. The Labute approximate surface area is 170 Å². The van der Waals surface area contributed by atoms with Crippen LogP contribution in [0.1, 0.15) is 29.9 Å². The van der Waals surface area contributed by atoms with Gasteiger partial charge < -0.3 is 9.15 Å². The quantitative estimate of drug-likeness (QED) is 0.523. The van der Waals surface area contributed by atoms with Crippen molar-refractivity contribution in [2.24, 2.45) is 0 Å². The van der Waals surface area contributed by atoms with Crippen LogP contribution in [0, 0.1) is 6.92 Å². The van der Waals surface area contributed by atoms with Crippen molar-refractivity contribution in [3.63, 3.8) is 0 Å². The third-order valence-corrected chi connectivity index (χ3v) is 5.72. The molecule has 29 heavy (non-hydrogen) atoms. The molecule has 0 spiro atoms. The van der Waals surface area contributed by atoms with Crippen LogP contribution in [0.4, 0.5) is 13.2 Å². The van der Waals surface area contributed by atoms with Crippen molar-refractivity contribution in [3.8, 4) is 17.2 Å². The van der Waals surface area contributed by atoms with E-state index < -0.39 is 11.7 Å². The molecule has 1 aliphatic rings. The van der Waals surface area contributed by atoms with Crippen LogP contribution < -0.4 is 4.74 Å². The molecule has 0 unspecified atom stereocenters. The Balaban J connectivity index is 1.32. The summed E-state index contributed by atoms with van der Waals surface area (Å²) >= 11 is 1.60. The highest BCUT2D eigenvalue weighted by molar-refractivity contribution is 7.08. The smallest absolute Gasteiger partial charge is 0.416 e. The zero-order chi connectivity index (χ0) is 20.4. The molecule has 3 aromatic rings. The van der Waals surface area contributed by atoms with Crippen LogP contribution >= 0.6 is 11.3 Å². The summed E-state index contributed by atoms with van der Waals surface area (Å²) in [6.45, 7) is 4.20. The minimum Gasteiger partial charge on any atom is -0.490 e. The largest absolute Gasteiger partial charge is 0.490 e. The van der Waals surface area contributed by atoms with Crippen LogP contribution in [0.5, 0.6) is 5.75 Å². The maximum atomic E-state index is 12.9. The molecule has 4 rings (SSSR count). The van der Waals surface area contributed by atoms with E-state index in [0.29, 0.717) is 12.4 Å². The van der Waals surface area contributed by atoms with Gasteiger partial charge in [0.1, 0.15) is 17.6 Å². The topological polar surface area (TPSA) is 38.5 Å². The second kappa shape index (κ2) is 8.20. The number of halogens is 3. The first-order valence-corrected chi connectivity index (χ1v) is 10.4. The third-order valence-electron chi connectivity index (χ3n) is 5.03. The molecule has 154 valence electrons. The molecule has 4 nitrogen and oxygen atoms in total. The Morgan fingerprint density at radius 2 is 2.03 bits per heavy atom. The van der Waals surface area contributed by atoms with Gasteiger partial charge in [-0.2, -0.15) is 24.5 Å². The Kier molecular flexibility index (Phi) is 5.65. The average Bonchev–Trinajstić information content (AvgIpc) is 3.33. The fourth-order valence-corrected chi connectivity index (χ4v) is 4.05. The highest BCUT2D eigenvalue weighted by Gasteiger charge is 2.31. The van der Waals surface area contributed by atoms with Gasteiger partial charge in [-0.05, 0) is 49.4 Å². The number of aromatic nitrogens is 1. The molecule has 3 heterocycles. The summed E-state index contributed by atoms with van der Waals surface area (Å²) < 4.78 is 50.2. The van der Waals surface area contributed by atoms with Crippen LogP contribution in [0.2, 0.25) is 0 Å². The first-order valence-electron chi connectivity index (χ1n) is 9.43. The predicted octanol–water partition coefficient (Wildman–Crippen LogP) is 5.77. The van der Waals surface area contributed by atoms with Gasteiger partial charge in [-0.15, -0.1) is 0 Å². The van der Waals surface area contributed by atoms with E-state index in [1.807, 2.05) is 23.8 Å². The summed E-state index contributed by atoms with van der Waals surface area (Å²) in [5.74, 6) is 1.72. The highest BCUT2D eigenvalue weighted by Crippen LogP contribution is 2.32. The Morgan fingerprint density at radius 3 is 2.72 bits per heavy atom. The van der Waals surface area contributed by atoms with Crippen molar-refractivity contribution < 1.29 is 22.3 Å². The first kappa shape index (κ1) is 20.0. The Hall–Kier alpha value is -2.32. The Bertz CT molecular complexity index is 945. The van der Waals surface area contributed by atoms with Gasteiger partial charge in [0.05, 0.1) is 11.3 Å². The number of likely N-dealkylation sites (tertiary alicyclic amines) is 1. The summed E-state index contributed by atoms with van der Waals surface area (Å²) in [5, 5.41) is 4.00. The normalized spacial score (nSPS) is 16.3. The number of thiophene rings is 1. The molecule has 1 aliphatic heterocycles. The number of benzene rings is 1. The molecular weight excluding hydrogens is 401 g/mol. The van der Waals surface area contributed by atoms with Gasteiger partial charge in [-0.3, -0.25) is 4.90 Å². The number of nitrogens with zero attached hydrogens (tertiary/aromatic N) is 2. The molecule has 1 saturated heterocycles. The van der Waals surface area contributed by atoms with Crippen LogP contribution in [-0.4, -0.2) is 29.1 Å². The van der Waals surface area contributed by atoms with Gasteiger partial charge in [-0.25, -0.2) is 4.98 Å². The van der Waals surface area contributed by atoms with Gasteiger partial charge >= 0.3 is 6.18 Å². The zero-order valence-electron chi connectivity index (χ0n) is 15.9. The van der Waals surface area contributed by atoms with Crippen molar-refractivity contribution in [3.05, 3.63) is 58.1 Å². The minimum atomic E-state index is -4.36. The van der Waals surface area contributed by atoms with Crippen molar-refractivity contribution >= 4 is 11.3 Å². The van der Waals surface area contributed by atoms with E-state index in [9.17, 15) is 13.2 Å². The zero-order valence-corrected chi connectivity index (χ0v) is 16.7. The molecule has 0 aliphatic carbocycles. The van der Waals surface area contributed by atoms with E-state index in [2.05, 4.69) is 9.88 Å². The molecule has 2 aromatic heterocycles. The number of alkyl halides is 3. The summed E-state index contributed by atoms with van der Waals surface area (Å²) in [7, 11) is 0. The van der Waals surface area contributed by atoms with Crippen molar-refractivity contribution in [2.45, 2.75) is 38.6 Å². The van der Waals surface area contributed by atoms with E-state index in [0.717, 1.165) is 55.1 Å². The number of ether oxygens (including phenoxy) is 1. The molecule has 0 atom stereocenters. The summed E-state index contributed by atoms with van der Waals surface area (Å²) in [6, 6.07) is 7.06. The summed E-state index contributed by atoms with van der Waals surface area (Å²) in [4.78, 5) is 6.90. The number of hydrogen-bond acceptors (Lipinski definition) is 5. The van der Waals surface area contributed by atoms with E-state index in [1.165, 1.54) is 6.07 Å². The summed E-state index contributed by atoms with van der Waals surface area (Å²) in [6.07, 6.45) is -2.94. The molecule has 0 N–H and O–H groups in total. The van der Waals surface area contributed by atoms with Crippen molar-refractivity contribution in [1.29, 1.82) is 0 Å². The lowest BCUT2D eigenvalue weighted by Gasteiger charge is -2.31. The fraction of sp³-hybridized carbons (Fsp3) is 0.381. The van der Waals surface area contributed by atoms with Gasteiger partial charge in [0.2, 0.25) is 5.89 Å². The van der Waals surface area contributed by atoms with Crippen LogP contribution in [-0.2, 0) is 12.7 Å². The second-order valence-corrected chi connectivity index (χ2v) is 7.93. The van der Waals surface area contributed by atoms with E-state index in [-0.39, 0.29) is 11.9 Å². The minimum absolute atomic E-state index is 0.0884. The van der Waals surface area contributed by atoms with Crippen molar-refractivity contribution in [2.75, 3.05) is 13.1 Å². The molecule has 1 fully saturated rings. The molecule has 8 heteroatoms. The van der Waals surface area contributed by atoms with Crippen LogP contribution in [0.15, 0.2) is 45.5 Å². The highest BCUT2D eigenvalue weighted by atomic mass is 32.1. The fourth-order valence-electron chi connectivity index (χ4n) is 3.42. The molecule has 0 radical (unpaired) electrons. The lowest BCUT2D eigenvalue weighted by Crippen LogP contribution is -2.38. The number of rotatable bonds is 5. The van der Waals surface area contributed by atoms with Crippen LogP contribution in [0.25, 0.3) is 11.5 Å². The lowest BCUT2D eigenvalue weighted by molar-refractivity contribution is -0.137. The van der Waals surface area contributed by atoms with Gasteiger partial charge in [0, 0.05) is 30.6 Å². The molecule has 1 aromatic carbocycles. The maximum absolute atomic E-state index is 12.9. The van der Waals surface area contributed by atoms with Gasteiger partial charge in [0.15, 0.2) is 0 Å². The van der Waals surface area contributed by atoms with E-state index >= 15 is 0 Å².